The number of carboxylic acid groups (broad SMARTS) is 1. The van der Waals surface area contributed by atoms with Crippen LogP contribution in [-0.2, 0) is 6.18 Å². The van der Waals surface area contributed by atoms with Crippen molar-refractivity contribution < 1.29 is 27.8 Å². The molecule has 0 amide bonds. The van der Waals surface area contributed by atoms with Crippen LogP contribution in [-0.4, -0.2) is 26.3 Å². The molecule has 2 N–H and O–H groups in total. The molecule has 2 aromatic carbocycles. The van der Waals surface area contributed by atoms with Gasteiger partial charge in [-0.15, -0.1) is 0 Å². The van der Waals surface area contributed by atoms with Crippen LogP contribution < -0.4 is 4.74 Å². The van der Waals surface area contributed by atoms with Gasteiger partial charge in [-0.1, -0.05) is 24.3 Å². The van der Waals surface area contributed by atoms with Crippen LogP contribution in [0.25, 0.3) is 21.8 Å². The third kappa shape index (κ3) is 2.92. The van der Waals surface area contributed by atoms with Crippen LogP contribution in [0, 0.1) is 0 Å². The molecule has 0 bridgehead atoms. The summed E-state index contributed by atoms with van der Waals surface area (Å²) in [6.07, 6.45) is -4.64. The molecule has 0 aliphatic heterocycles. The summed E-state index contributed by atoms with van der Waals surface area (Å²) in [7, 11) is 0. The minimum absolute atomic E-state index is 0.0492. The van der Waals surface area contributed by atoms with E-state index < -0.39 is 17.8 Å². The van der Waals surface area contributed by atoms with Crippen LogP contribution in [0.2, 0.25) is 0 Å². The lowest BCUT2D eigenvalue weighted by molar-refractivity contribution is -0.141. The maximum atomic E-state index is 13.2. The predicted molar refractivity (Wildman–Crippen MR) is 89.9 cm³/mol. The summed E-state index contributed by atoms with van der Waals surface area (Å²) in [6.45, 7) is 0. The van der Waals surface area contributed by atoms with Crippen molar-refractivity contribution in [2.75, 3.05) is 0 Å². The Hall–Kier alpha value is -3.62. The molecule has 0 saturated heterocycles. The van der Waals surface area contributed by atoms with Gasteiger partial charge >= 0.3 is 12.1 Å². The number of carboxylic acids is 1. The number of aromatic amines is 1. The molecular formula is C18H10F3N3O3. The van der Waals surface area contributed by atoms with Crippen molar-refractivity contribution in [3.05, 3.63) is 59.9 Å². The quantitative estimate of drug-likeness (QED) is 0.547. The number of carbonyl (C=O) groups is 1. The average Bonchev–Trinajstić information content (AvgIpc) is 3.06. The molecule has 0 saturated carbocycles. The van der Waals surface area contributed by atoms with Crippen molar-refractivity contribution >= 4 is 27.8 Å². The van der Waals surface area contributed by atoms with Crippen LogP contribution in [0.4, 0.5) is 13.2 Å². The van der Waals surface area contributed by atoms with Crippen LogP contribution in [0.15, 0.2) is 48.5 Å². The number of nitrogens with one attached hydrogen (secondary N) is 1. The van der Waals surface area contributed by atoms with Gasteiger partial charge in [-0.25, -0.2) is 9.78 Å². The number of benzene rings is 2. The first kappa shape index (κ1) is 16.8. The molecule has 0 unspecified atom stereocenters. The second-order valence-electron chi connectivity index (χ2n) is 5.68. The third-order valence-corrected chi connectivity index (χ3v) is 3.95. The fraction of sp³-hybridized carbons (Fsp3) is 0.0556. The molecule has 27 heavy (non-hydrogen) atoms. The van der Waals surface area contributed by atoms with Crippen LogP contribution in [0.1, 0.15) is 16.2 Å². The van der Waals surface area contributed by atoms with Gasteiger partial charge in [-0.2, -0.15) is 18.3 Å². The van der Waals surface area contributed by atoms with Gasteiger partial charge in [-0.05, 0) is 18.2 Å². The van der Waals surface area contributed by atoms with Crippen molar-refractivity contribution in [3.63, 3.8) is 0 Å². The second kappa shape index (κ2) is 5.97. The lowest BCUT2D eigenvalue weighted by atomic mass is 10.1. The van der Waals surface area contributed by atoms with Gasteiger partial charge in [0.05, 0.1) is 5.52 Å². The molecule has 0 radical (unpaired) electrons. The standard InChI is InChI=1S/C18H10F3N3O3/c19-18(20,21)14-8-13(9-4-1-2-6-11(9)22-14)27-12-7-3-5-10-15(12)23-24-16(10)17(25)26/h1-8H,(H,23,24)(H,25,26). The first-order valence-electron chi connectivity index (χ1n) is 7.70. The van der Waals surface area contributed by atoms with E-state index in [9.17, 15) is 18.0 Å². The highest BCUT2D eigenvalue weighted by Crippen LogP contribution is 2.37. The Morgan fingerprint density at radius 2 is 1.78 bits per heavy atom. The van der Waals surface area contributed by atoms with E-state index in [0.717, 1.165) is 6.07 Å². The van der Waals surface area contributed by atoms with Gasteiger partial charge in [0.1, 0.15) is 17.0 Å². The third-order valence-electron chi connectivity index (χ3n) is 3.95. The van der Waals surface area contributed by atoms with E-state index in [-0.39, 0.29) is 33.6 Å². The van der Waals surface area contributed by atoms with Gasteiger partial charge in [0, 0.05) is 16.8 Å². The van der Waals surface area contributed by atoms with E-state index in [1.807, 2.05) is 0 Å². The van der Waals surface area contributed by atoms with E-state index in [4.69, 9.17) is 9.84 Å². The van der Waals surface area contributed by atoms with Gasteiger partial charge in [0.25, 0.3) is 0 Å². The number of H-pyrrole nitrogens is 1. The number of aromatic nitrogens is 3. The molecule has 136 valence electrons. The molecule has 0 aliphatic rings. The van der Waals surface area contributed by atoms with Crippen LogP contribution >= 0.6 is 0 Å². The molecule has 0 aliphatic carbocycles. The maximum absolute atomic E-state index is 13.2. The Labute approximate surface area is 149 Å². The number of para-hydroxylation sites is 2. The minimum Gasteiger partial charge on any atom is -0.476 e. The lowest BCUT2D eigenvalue weighted by Gasteiger charge is -2.13. The van der Waals surface area contributed by atoms with Crippen molar-refractivity contribution in [2.45, 2.75) is 6.18 Å². The van der Waals surface area contributed by atoms with E-state index in [0.29, 0.717) is 5.39 Å². The summed E-state index contributed by atoms with van der Waals surface area (Å²) in [5, 5.41) is 16.1. The number of rotatable bonds is 3. The monoisotopic (exact) mass is 373 g/mol. The molecule has 0 atom stereocenters. The number of hydrogen-bond acceptors (Lipinski definition) is 4. The van der Waals surface area contributed by atoms with Crippen LogP contribution in [0.3, 0.4) is 0 Å². The first-order valence-corrected chi connectivity index (χ1v) is 7.70. The SMILES string of the molecule is O=C(O)c1n[nH]c2c(Oc3cc(C(F)(F)F)nc4ccccc34)cccc12. The van der Waals surface area contributed by atoms with Crippen molar-refractivity contribution in [3.8, 4) is 11.5 Å². The van der Waals surface area contributed by atoms with E-state index in [2.05, 4.69) is 15.2 Å². The smallest absolute Gasteiger partial charge is 0.433 e. The molecule has 0 fully saturated rings. The summed E-state index contributed by atoms with van der Waals surface area (Å²) in [5.41, 5.74) is -0.889. The zero-order valence-corrected chi connectivity index (χ0v) is 13.4. The minimum atomic E-state index is -4.64. The number of halogens is 3. The highest BCUT2D eigenvalue weighted by atomic mass is 19.4. The number of aromatic carboxylic acids is 1. The molecule has 4 rings (SSSR count). The summed E-state index contributed by atoms with van der Waals surface area (Å²) in [6, 6.07) is 11.7. The highest BCUT2D eigenvalue weighted by molar-refractivity contribution is 6.02. The normalized spacial score (nSPS) is 11.8. The second-order valence-corrected chi connectivity index (χ2v) is 5.68. The number of ether oxygens (including phenoxy) is 1. The highest BCUT2D eigenvalue weighted by Gasteiger charge is 2.33. The molecular weight excluding hydrogens is 363 g/mol. The Balaban J connectivity index is 1.89. The Morgan fingerprint density at radius 1 is 1.04 bits per heavy atom. The van der Waals surface area contributed by atoms with Crippen molar-refractivity contribution in [1.29, 1.82) is 0 Å². The predicted octanol–water partition coefficient (Wildman–Crippen LogP) is 4.62. The molecule has 6 nitrogen and oxygen atoms in total. The average molecular weight is 373 g/mol. The number of alkyl halides is 3. The molecule has 4 aromatic rings. The molecule has 2 aromatic heterocycles. The van der Waals surface area contributed by atoms with Crippen molar-refractivity contribution in [2.24, 2.45) is 0 Å². The summed E-state index contributed by atoms with van der Waals surface area (Å²) in [4.78, 5) is 14.9. The number of pyridine rings is 1. The van der Waals surface area contributed by atoms with E-state index >= 15 is 0 Å². The first-order chi connectivity index (χ1) is 12.8. The van der Waals surface area contributed by atoms with E-state index in [1.165, 1.54) is 24.3 Å². The fourth-order valence-electron chi connectivity index (χ4n) is 2.76. The topological polar surface area (TPSA) is 88.1 Å². The summed E-state index contributed by atoms with van der Waals surface area (Å²) in [5.74, 6) is -1.13. The van der Waals surface area contributed by atoms with Crippen LogP contribution in [0.5, 0.6) is 11.5 Å². The lowest BCUT2D eigenvalue weighted by Crippen LogP contribution is -2.08. The fourth-order valence-corrected chi connectivity index (χ4v) is 2.76. The van der Waals surface area contributed by atoms with Gasteiger partial charge < -0.3 is 9.84 Å². The summed E-state index contributed by atoms with van der Waals surface area (Å²) >= 11 is 0. The number of hydrogen-bond donors (Lipinski definition) is 2. The molecule has 0 spiro atoms. The van der Waals surface area contributed by atoms with Gasteiger partial charge in [-0.3, -0.25) is 5.10 Å². The Kier molecular flexibility index (Phi) is 3.72. The molecule has 9 heteroatoms. The molecule has 2 heterocycles. The zero-order chi connectivity index (χ0) is 19.2. The summed E-state index contributed by atoms with van der Waals surface area (Å²) < 4.78 is 45.3. The largest absolute Gasteiger partial charge is 0.476 e. The number of fused-ring (bicyclic) bond motifs is 2. The Bertz CT molecular complexity index is 1180. The van der Waals surface area contributed by atoms with E-state index in [1.54, 1.807) is 18.2 Å². The zero-order valence-electron chi connectivity index (χ0n) is 13.4. The number of nitrogens with zero attached hydrogens (tertiary/aromatic N) is 2. The van der Waals surface area contributed by atoms with Gasteiger partial charge in [0.2, 0.25) is 0 Å². The Morgan fingerprint density at radius 3 is 2.52 bits per heavy atom. The van der Waals surface area contributed by atoms with Crippen molar-refractivity contribution in [1.82, 2.24) is 15.2 Å². The van der Waals surface area contributed by atoms with Gasteiger partial charge in [0.15, 0.2) is 11.4 Å². The maximum Gasteiger partial charge on any atom is 0.433 e.